The van der Waals surface area contributed by atoms with Gasteiger partial charge in [0, 0.05) is 30.3 Å². The summed E-state index contributed by atoms with van der Waals surface area (Å²) in [6, 6.07) is 6.99. The molecule has 4 N–H and O–H groups in total. The van der Waals surface area contributed by atoms with Crippen LogP contribution < -0.4 is 16.4 Å². The van der Waals surface area contributed by atoms with Gasteiger partial charge in [-0.2, -0.15) is 0 Å². The van der Waals surface area contributed by atoms with Crippen molar-refractivity contribution in [1.82, 2.24) is 10.2 Å². The number of halogens is 1. The smallest absolute Gasteiger partial charge is 0.314 e. The average molecular weight is 353 g/mol. The molecule has 0 bridgehead atoms. The van der Waals surface area contributed by atoms with Crippen LogP contribution in [0.5, 0.6) is 0 Å². The summed E-state index contributed by atoms with van der Waals surface area (Å²) in [6.45, 7) is 5.48. The molecule has 2 rings (SSSR count). The highest BCUT2D eigenvalue weighted by Crippen LogP contribution is 2.19. The van der Waals surface area contributed by atoms with Crippen molar-refractivity contribution in [2.75, 3.05) is 25.0 Å². The second-order valence-electron chi connectivity index (χ2n) is 6.86. The topological polar surface area (TPSA) is 87.5 Å². The molecule has 1 aliphatic heterocycles. The number of amides is 3. The number of piperidine rings is 1. The Morgan fingerprint density at radius 2 is 2.17 bits per heavy atom. The molecular weight excluding hydrogens is 328 g/mol. The monoisotopic (exact) mass is 352 g/mol. The molecule has 1 heterocycles. The number of hydrogen-bond donors (Lipinski definition) is 3. The van der Waals surface area contributed by atoms with E-state index in [0.29, 0.717) is 24.7 Å². The molecule has 0 unspecified atom stereocenters. The number of primary amides is 1. The van der Waals surface area contributed by atoms with Crippen molar-refractivity contribution in [3.8, 4) is 0 Å². The molecule has 1 atom stereocenters. The lowest BCUT2D eigenvalue weighted by atomic mass is 9.95. The third-order valence-electron chi connectivity index (χ3n) is 4.12. The van der Waals surface area contributed by atoms with E-state index in [9.17, 15) is 9.59 Å². The lowest BCUT2D eigenvalue weighted by Crippen LogP contribution is -2.53. The molecule has 1 aromatic carbocycles. The molecule has 6 nitrogen and oxygen atoms in total. The molecule has 1 aliphatic rings. The minimum absolute atomic E-state index is 0.0427. The van der Waals surface area contributed by atoms with Crippen LogP contribution in [-0.2, 0) is 4.79 Å². The number of nitrogens with two attached hydrogens (primary N) is 1. The first-order valence-electron chi connectivity index (χ1n) is 8.13. The fourth-order valence-electron chi connectivity index (χ4n) is 2.79. The lowest BCUT2D eigenvalue weighted by molar-refractivity contribution is -0.127. The van der Waals surface area contributed by atoms with Crippen LogP contribution in [0.2, 0.25) is 5.02 Å². The van der Waals surface area contributed by atoms with Gasteiger partial charge in [-0.25, -0.2) is 4.79 Å². The predicted molar refractivity (Wildman–Crippen MR) is 96.0 cm³/mol. The van der Waals surface area contributed by atoms with E-state index in [4.69, 9.17) is 17.3 Å². The summed E-state index contributed by atoms with van der Waals surface area (Å²) in [5, 5.41) is 7.00. The fourth-order valence-corrected chi connectivity index (χ4v) is 2.98. The molecule has 0 aliphatic carbocycles. The predicted octanol–water partition coefficient (Wildman–Crippen LogP) is 2.44. The van der Waals surface area contributed by atoms with Crippen molar-refractivity contribution in [2.45, 2.75) is 32.2 Å². The second-order valence-corrected chi connectivity index (χ2v) is 7.30. The molecule has 3 amide bonds. The second kappa shape index (κ2) is 7.75. The number of carbonyl (C=O) groups is 2. The van der Waals surface area contributed by atoms with Crippen LogP contribution in [0.1, 0.15) is 26.7 Å². The molecule has 0 aromatic heterocycles. The molecule has 0 radical (unpaired) electrons. The Kier molecular flexibility index (Phi) is 5.94. The molecule has 1 saturated heterocycles. The van der Waals surface area contributed by atoms with E-state index in [0.717, 1.165) is 18.5 Å². The number of benzene rings is 1. The molecule has 1 fully saturated rings. The lowest BCUT2D eigenvalue weighted by Gasteiger charge is -2.34. The molecule has 1 aromatic rings. The molecule has 24 heavy (non-hydrogen) atoms. The van der Waals surface area contributed by atoms with Gasteiger partial charge in [-0.15, -0.1) is 0 Å². The normalized spacial score (nSPS) is 18.1. The van der Waals surface area contributed by atoms with Crippen LogP contribution in [0, 0.1) is 5.92 Å². The van der Waals surface area contributed by atoms with E-state index in [1.54, 1.807) is 0 Å². The number of nitrogens with zero attached hydrogens (tertiary/aromatic N) is 1. The summed E-state index contributed by atoms with van der Waals surface area (Å²) < 4.78 is 0. The number of rotatable bonds is 5. The minimum atomic E-state index is -0.464. The van der Waals surface area contributed by atoms with Gasteiger partial charge in [0.05, 0.1) is 11.5 Å². The SMILES string of the molecule is CC(C)(CNc1cccc(Cl)c1)NC(=O)[C@H]1CCCN(C(N)=O)C1. The summed E-state index contributed by atoms with van der Waals surface area (Å²) in [6.07, 6.45) is 1.57. The molecular formula is C17H25ClN4O2. The van der Waals surface area contributed by atoms with Gasteiger partial charge in [0.25, 0.3) is 0 Å². The van der Waals surface area contributed by atoms with Gasteiger partial charge in [0.1, 0.15) is 0 Å². The van der Waals surface area contributed by atoms with Gasteiger partial charge in [-0.1, -0.05) is 17.7 Å². The Labute approximate surface area is 147 Å². The zero-order valence-corrected chi connectivity index (χ0v) is 14.9. The van der Waals surface area contributed by atoms with Crippen molar-refractivity contribution in [3.05, 3.63) is 29.3 Å². The molecule has 7 heteroatoms. The first-order valence-corrected chi connectivity index (χ1v) is 8.50. The van der Waals surface area contributed by atoms with Crippen molar-refractivity contribution in [3.63, 3.8) is 0 Å². The third kappa shape index (κ3) is 5.30. The van der Waals surface area contributed by atoms with E-state index in [1.165, 1.54) is 4.90 Å². The number of likely N-dealkylation sites (tertiary alicyclic amines) is 1. The highest BCUT2D eigenvalue weighted by atomic mass is 35.5. The highest BCUT2D eigenvalue weighted by Gasteiger charge is 2.30. The zero-order valence-electron chi connectivity index (χ0n) is 14.1. The van der Waals surface area contributed by atoms with Gasteiger partial charge >= 0.3 is 6.03 Å². The van der Waals surface area contributed by atoms with Crippen LogP contribution in [0.3, 0.4) is 0 Å². The molecule has 132 valence electrons. The Morgan fingerprint density at radius 3 is 2.83 bits per heavy atom. The maximum absolute atomic E-state index is 12.5. The van der Waals surface area contributed by atoms with Crippen LogP contribution in [0.25, 0.3) is 0 Å². The van der Waals surface area contributed by atoms with Crippen molar-refractivity contribution in [1.29, 1.82) is 0 Å². The standard InChI is InChI=1S/C17H25ClN4O2/c1-17(2,11-20-14-7-3-6-13(18)9-14)21-15(23)12-5-4-8-22(10-12)16(19)24/h3,6-7,9,12,20H,4-5,8,10-11H2,1-2H3,(H2,19,24)(H,21,23)/t12-/m0/s1. The Hall–Kier alpha value is -1.95. The number of carbonyl (C=O) groups excluding carboxylic acids is 2. The largest absolute Gasteiger partial charge is 0.383 e. The summed E-state index contributed by atoms with van der Waals surface area (Å²) in [5.41, 5.74) is 5.78. The van der Waals surface area contributed by atoms with Gasteiger partial charge in [0.15, 0.2) is 0 Å². The maximum Gasteiger partial charge on any atom is 0.314 e. The summed E-state index contributed by atoms with van der Waals surface area (Å²) >= 11 is 5.97. The summed E-state index contributed by atoms with van der Waals surface area (Å²) in [4.78, 5) is 25.3. The molecule has 0 spiro atoms. The number of urea groups is 1. The van der Waals surface area contributed by atoms with E-state index in [1.807, 2.05) is 38.1 Å². The van der Waals surface area contributed by atoms with Gasteiger partial charge in [-0.3, -0.25) is 4.79 Å². The van der Waals surface area contributed by atoms with E-state index in [-0.39, 0.29) is 11.8 Å². The fraction of sp³-hybridized carbons (Fsp3) is 0.529. The summed E-state index contributed by atoms with van der Waals surface area (Å²) in [5.74, 6) is -0.254. The van der Waals surface area contributed by atoms with E-state index >= 15 is 0 Å². The number of hydrogen-bond acceptors (Lipinski definition) is 3. The average Bonchev–Trinajstić information content (AvgIpc) is 2.53. The first-order chi connectivity index (χ1) is 11.3. The Balaban J connectivity index is 1.88. The van der Waals surface area contributed by atoms with Gasteiger partial charge < -0.3 is 21.3 Å². The van der Waals surface area contributed by atoms with Crippen molar-refractivity contribution in [2.24, 2.45) is 11.7 Å². The van der Waals surface area contributed by atoms with Crippen LogP contribution in [-0.4, -0.2) is 42.0 Å². The summed E-state index contributed by atoms with van der Waals surface area (Å²) in [7, 11) is 0. The quantitative estimate of drug-likeness (QED) is 0.760. The number of anilines is 1. The van der Waals surface area contributed by atoms with Crippen LogP contribution in [0.15, 0.2) is 24.3 Å². The Bertz CT molecular complexity index is 606. The maximum atomic E-state index is 12.5. The van der Waals surface area contributed by atoms with E-state index in [2.05, 4.69) is 10.6 Å². The van der Waals surface area contributed by atoms with E-state index < -0.39 is 11.6 Å². The third-order valence-corrected chi connectivity index (χ3v) is 4.36. The van der Waals surface area contributed by atoms with Crippen molar-refractivity contribution < 1.29 is 9.59 Å². The van der Waals surface area contributed by atoms with Crippen LogP contribution >= 0.6 is 11.6 Å². The zero-order chi connectivity index (χ0) is 17.7. The minimum Gasteiger partial charge on any atom is -0.383 e. The number of nitrogens with one attached hydrogen (secondary N) is 2. The Morgan fingerprint density at radius 1 is 1.42 bits per heavy atom. The van der Waals surface area contributed by atoms with Gasteiger partial charge in [-0.05, 0) is 44.9 Å². The van der Waals surface area contributed by atoms with Gasteiger partial charge in [0.2, 0.25) is 5.91 Å². The van der Waals surface area contributed by atoms with Crippen LogP contribution in [0.4, 0.5) is 10.5 Å². The highest BCUT2D eigenvalue weighted by molar-refractivity contribution is 6.30. The first kappa shape index (κ1) is 18.4. The molecule has 0 saturated carbocycles. The van der Waals surface area contributed by atoms with Crippen molar-refractivity contribution >= 4 is 29.2 Å².